The lowest BCUT2D eigenvalue weighted by Crippen LogP contribution is -2.23. The fraction of sp³-hybridized carbons (Fsp3) is 1.00. The van der Waals surface area contributed by atoms with Crippen LogP contribution in [0.3, 0.4) is 0 Å². The Balaban J connectivity index is 2.46. The topological polar surface area (TPSA) is 54.4 Å². The Morgan fingerprint density at radius 1 is 1.58 bits per heavy atom. The predicted octanol–water partition coefficient (Wildman–Crippen LogP) is 0.582. The molecular weight excluding hydrogens is 176 g/mol. The van der Waals surface area contributed by atoms with Gasteiger partial charge < -0.3 is 5.11 Å². The van der Waals surface area contributed by atoms with Gasteiger partial charge in [0.25, 0.3) is 0 Å². The molecule has 0 radical (unpaired) electrons. The van der Waals surface area contributed by atoms with Crippen LogP contribution in [0.4, 0.5) is 0 Å². The van der Waals surface area contributed by atoms with E-state index in [1.54, 1.807) is 0 Å². The first-order valence-corrected chi connectivity index (χ1v) is 6.33. The molecule has 1 aliphatic carbocycles. The van der Waals surface area contributed by atoms with Crippen molar-refractivity contribution in [3.63, 3.8) is 0 Å². The van der Waals surface area contributed by atoms with Gasteiger partial charge in [0.1, 0.15) is 9.84 Å². The average molecular weight is 192 g/mol. The van der Waals surface area contributed by atoms with Crippen LogP contribution in [0.15, 0.2) is 0 Å². The minimum atomic E-state index is -3.02. The summed E-state index contributed by atoms with van der Waals surface area (Å²) >= 11 is 0. The highest BCUT2D eigenvalue weighted by atomic mass is 32.2. The molecule has 1 saturated carbocycles. The van der Waals surface area contributed by atoms with Crippen molar-refractivity contribution in [2.75, 3.05) is 12.0 Å². The molecule has 4 heteroatoms. The fourth-order valence-electron chi connectivity index (χ4n) is 1.72. The quantitative estimate of drug-likeness (QED) is 0.709. The SMILES string of the molecule is CCCC1CC1(O)CS(C)(=O)=O. The van der Waals surface area contributed by atoms with E-state index < -0.39 is 15.4 Å². The maximum atomic E-state index is 10.9. The fourth-order valence-corrected chi connectivity index (χ4v) is 2.98. The second-order valence-corrected chi connectivity index (χ2v) is 6.00. The van der Waals surface area contributed by atoms with Crippen molar-refractivity contribution in [3.8, 4) is 0 Å². The third kappa shape index (κ3) is 2.45. The highest BCUT2D eigenvalue weighted by molar-refractivity contribution is 7.90. The Kier molecular flexibility index (Phi) is 2.50. The van der Waals surface area contributed by atoms with E-state index in [2.05, 4.69) is 0 Å². The van der Waals surface area contributed by atoms with Crippen LogP contribution in [-0.2, 0) is 9.84 Å². The van der Waals surface area contributed by atoms with E-state index >= 15 is 0 Å². The van der Waals surface area contributed by atoms with Crippen molar-refractivity contribution in [2.24, 2.45) is 5.92 Å². The Morgan fingerprint density at radius 3 is 2.58 bits per heavy atom. The molecule has 0 aromatic carbocycles. The van der Waals surface area contributed by atoms with Gasteiger partial charge in [-0.25, -0.2) is 8.42 Å². The van der Waals surface area contributed by atoms with E-state index in [0.29, 0.717) is 6.42 Å². The summed E-state index contributed by atoms with van der Waals surface area (Å²) in [6.07, 6.45) is 3.78. The largest absolute Gasteiger partial charge is 0.389 e. The molecule has 0 aromatic heterocycles. The van der Waals surface area contributed by atoms with Gasteiger partial charge in [-0.05, 0) is 18.8 Å². The van der Waals surface area contributed by atoms with Crippen molar-refractivity contribution in [1.29, 1.82) is 0 Å². The van der Waals surface area contributed by atoms with Gasteiger partial charge in [-0.2, -0.15) is 0 Å². The molecule has 1 aliphatic rings. The third-order valence-corrected chi connectivity index (χ3v) is 3.37. The lowest BCUT2D eigenvalue weighted by molar-refractivity contribution is 0.153. The van der Waals surface area contributed by atoms with Crippen LogP contribution in [0.25, 0.3) is 0 Å². The molecule has 0 bridgehead atoms. The standard InChI is InChI=1S/C8H16O3S/c1-3-4-7-5-8(7,9)6-12(2,10)11/h7,9H,3-6H2,1-2H3. The Bertz CT molecular complexity index is 257. The highest BCUT2D eigenvalue weighted by Crippen LogP contribution is 2.47. The van der Waals surface area contributed by atoms with Crippen LogP contribution < -0.4 is 0 Å². The molecule has 0 spiro atoms. The zero-order chi connectivity index (χ0) is 9.41. The number of hydrogen-bond acceptors (Lipinski definition) is 3. The minimum absolute atomic E-state index is 0.0648. The molecule has 0 amide bonds. The van der Waals surface area contributed by atoms with Crippen molar-refractivity contribution in [1.82, 2.24) is 0 Å². The van der Waals surface area contributed by atoms with E-state index in [-0.39, 0.29) is 11.7 Å². The first-order valence-electron chi connectivity index (χ1n) is 4.27. The Labute approximate surface area is 73.7 Å². The van der Waals surface area contributed by atoms with Gasteiger partial charge in [0, 0.05) is 6.26 Å². The normalized spacial score (nSPS) is 35.1. The van der Waals surface area contributed by atoms with Gasteiger partial charge in [0.15, 0.2) is 0 Å². The average Bonchev–Trinajstić information content (AvgIpc) is 2.37. The summed E-state index contributed by atoms with van der Waals surface area (Å²) in [4.78, 5) is 0. The Hall–Kier alpha value is -0.0900. The molecule has 0 saturated heterocycles. The predicted molar refractivity (Wildman–Crippen MR) is 47.7 cm³/mol. The van der Waals surface area contributed by atoms with Gasteiger partial charge in [-0.15, -0.1) is 0 Å². The molecule has 2 atom stereocenters. The third-order valence-electron chi connectivity index (χ3n) is 2.35. The zero-order valence-electron chi connectivity index (χ0n) is 7.58. The molecule has 2 unspecified atom stereocenters. The van der Waals surface area contributed by atoms with Crippen molar-refractivity contribution < 1.29 is 13.5 Å². The van der Waals surface area contributed by atoms with Gasteiger partial charge in [0.05, 0.1) is 11.4 Å². The van der Waals surface area contributed by atoms with Crippen LogP contribution in [0.5, 0.6) is 0 Å². The van der Waals surface area contributed by atoms with E-state index in [4.69, 9.17) is 0 Å². The van der Waals surface area contributed by atoms with Crippen LogP contribution >= 0.6 is 0 Å². The minimum Gasteiger partial charge on any atom is -0.389 e. The molecule has 1 rings (SSSR count). The number of sulfone groups is 1. The van der Waals surface area contributed by atoms with Crippen molar-refractivity contribution in [2.45, 2.75) is 31.8 Å². The van der Waals surface area contributed by atoms with Crippen LogP contribution in [0.2, 0.25) is 0 Å². The molecule has 12 heavy (non-hydrogen) atoms. The summed E-state index contributed by atoms with van der Waals surface area (Å²) in [6.45, 7) is 2.04. The van der Waals surface area contributed by atoms with Gasteiger partial charge in [0.2, 0.25) is 0 Å². The second-order valence-electron chi connectivity index (χ2n) is 3.86. The highest BCUT2D eigenvalue weighted by Gasteiger charge is 2.53. The number of rotatable bonds is 4. The monoisotopic (exact) mass is 192 g/mol. The van der Waals surface area contributed by atoms with Crippen LogP contribution in [0.1, 0.15) is 26.2 Å². The van der Waals surface area contributed by atoms with E-state index in [1.807, 2.05) is 6.92 Å². The summed E-state index contributed by atoms with van der Waals surface area (Å²) in [5, 5.41) is 9.68. The summed E-state index contributed by atoms with van der Waals surface area (Å²) in [7, 11) is -3.02. The number of hydrogen-bond donors (Lipinski definition) is 1. The molecule has 0 aromatic rings. The lowest BCUT2D eigenvalue weighted by atomic mass is 10.2. The van der Waals surface area contributed by atoms with Gasteiger partial charge in [-0.1, -0.05) is 13.3 Å². The van der Waals surface area contributed by atoms with Crippen molar-refractivity contribution >= 4 is 9.84 Å². The van der Waals surface area contributed by atoms with Crippen molar-refractivity contribution in [3.05, 3.63) is 0 Å². The van der Waals surface area contributed by atoms with Crippen LogP contribution in [-0.4, -0.2) is 31.1 Å². The second kappa shape index (κ2) is 3.00. The molecule has 3 nitrogen and oxygen atoms in total. The summed E-state index contributed by atoms with van der Waals surface area (Å²) < 4.78 is 21.8. The molecule has 0 aliphatic heterocycles. The molecule has 72 valence electrons. The first kappa shape index (κ1) is 9.99. The summed E-state index contributed by atoms with van der Waals surface area (Å²) in [6, 6.07) is 0. The van der Waals surface area contributed by atoms with Gasteiger partial charge in [-0.3, -0.25) is 0 Å². The number of aliphatic hydroxyl groups is 1. The lowest BCUT2D eigenvalue weighted by Gasteiger charge is -2.07. The van der Waals surface area contributed by atoms with Gasteiger partial charge >= 0.3 is 0 Å². The molecule has 1 fully saturated rings. The zero-order valence-corrected chi connectivity index (χ0v) is 8.39. The maximum absolute atomic E-state index is 10.9. The first-order chi connectivity index (χ1) is 5.37. The van der Waals surface area contributed by atoms with Crippen LogP contribution in [0, 0.1) is 5.92 Å². The Morgan fingerprint density at radius 2 is 2.17 bits per heavy atom. The maximum Gasteiger partial charge on any atom is 0.150 e. The van der Waals surface area contributed by atoms with E-state index in [0.717, 1.165) is 12.8 Å². The summed E-state index contributed by atoms with van der Waals surface area (Å²) in [5.41, 5.74) is -0.885. The van der Waals surface area contributed by atoms with E-state index in [9.17, 15) is 13.5 Å². The summed E-state index contributed by atoms with van der Waals surface area (Å²) in [5.74, 6) is 0.155. The van der Waals surface area contributed by atoms with E-state index in [1.165, 1.54) is 6.26 Å². The molecule has 1 N–H and O–H groups in total. The molecular formula is C8H16O3S. The molecule has 0 heterocycles. The smallest absolute Gasteiger partial charge is 0.150 e.